The van der Waals surface area contributed by atoms with Crippen LogP contribution in [0.5, 0.6) is 0 Å². The second kappa shape index (κ2) is 7.61. The molecule has 0 fully saturated rings. The number of likely N-dealkylation sites (N-methyl/N-ethyl adjacent to an activating group) is 1. The Balaban J connectivity index is 2.25. The molecule has 20 heavy (non-hydrogen) atoms. The quantitative estimate of drug-likeness (QED) is 0.542. The maximum absolute atomic E-state index is 6.27. The van der Waals surface area contributed by atoms with E-state index in [-0.39, 0.29) is 6.04 Å². The molecule has 1 atom stereocenters. The predicted molar refractivity (Wildman–Crippen MR) is 96.3 cm³/mol. The minimum absolute atomic E-state index is 0.242. The highest BCUT2D eigenvalue weighted by Crippen LogP contribution is 2.37. The smallest absolute Gasteiger partial charge is 0.0843 e. The molecule has 108 valence electrons. The lowest BCUT2D eigenvalue weighted by molar-refractivity contribution is 0.558. The van der Waals surface area contributed by atoms with Crippen molar-refractivity contribution in [2.45, 2.75) is 19.4 Å². The zero-order valence-corrected chi connectivity index (χ0v) is 16.2. The molecule has 1 aromatic heterocycles. The molecule has 1 nitrogen and oxygen atoms in total. The van der Waals surface area contributed by atoms with Crippen LogP contribution in [0.15, 0.2) is 32.5 Å². The van der Waals surface area contributed by atoms with Crippen LogP contribution >= 0.6 is 66.4 Å². The Labute approximate surface area is 149 Å². The topological polar surface area (TPSA) is 12.0 Å². The number of rotatable bonds is 5. The van der Waals surface area contributed by atoms with E-state index in [0.717, 1.165) is 31.8 Å². The summed E-state index contributed by atoms with van der Waals surface area (Å²) >= 11 is 21.0. The average Bonchev–Trinajstić information content (AvgIpc) is 2.72. The molecule has 1 aromatic carbocycles. The van der Waals surface area contributed by atoms with E-state index in [1.54, 1.807) is 17.4 Å². The van der Waals surface area contributed by atoms with Crippen molar-refractivity contribution in [3.8, 4) is 0 Å². The van der Waals surface area contributed by atoms with E-state index >= 15 is 0 Å². The molecule has 0 spiro atoms. The van der Waals surface area contributed by atoms with E-state index in [1.165, 1.54) is 4.88 Å². The molecule has 1 heterocycles. The van der Waals surface area contributed by atoms with Gasteiger partial charge >= 0.3 is 0 Å². The minimum atomic E-state index is 0.242. The van der Waals surface area contributed by atoms with Crippen LogP contribution in [0.3, 0.4) is 0 Å². The number of benzene rings is 1. The zero-order valence-electron chi connectivity index (χ0n) is 10.7. The highest BCUT2D eigenvalue weighted by atomic mass is 79.9. The first-order valence-corrected chi connectivity index (χ1v) is 9.29. The zero-order chi connectivity index (χ0) is 14.7. The summed E-state index contributed by atoms with van der Waals surface area (Å²) in [5.74, 6) is 0. The first-order chi connectivity index (χ1) is 9.51. The number of nitrogens with one attached hydrogen (secondary N) is 1. The molecule has 6 heteroatoms. The van der Waals surface area contributed by atoms with Crippen LogP contribution in [0.2, 0.25) is 10.0 Å². The lowest BCUT2D eigenvalue weighted by atomic mass is 10.0. The van der Waals surface area contributed by atoms with Crippen LogP contribution in [0, 0.1) is 0 Å². The molecule has 2 rings (SSSR count). The summed E-state index contributed by atoms with van der Waals surface area (Å²) in [6.07, 6.45) is 0.837. The van der Waals surface area contributed by atoms with Gasteiger partial charge in [-0.1, -0.05) is 36.2 Å². The number of hydrogen-bond acceptors (Lipinski definition) is 2. The third-order valence-electron chi connectivity index (χ3n) is 2.90. The standard InChI is InChI=1S/C14H13Br2Cl2NS/c1-2-19-12(13-7-10(15)14(16)20-13)5-8-3-4-9(17)6-11(8)18/h3-4,6-7,12,19H,2,5H2,1H3. The molecule has 1 N–H and O–H groups in total. The normalized spacial score (nSPS) is 12.7. The molecule has 1 unspecified atom stereocenters. The summed E-state index contributed by atoms with van der Waals surface area (Å²) in [6.45, 7) is 3.01. The van der Waals surface area contributed by atoms with E-state index in [1.807, 2.05) is 12.1 Å². The van der Waals surface area contributed by atoms with Crippen LogP contribution in [0.1, 0.15) is 23.4 Å². The summed E-state index contributed by atoms with van der Waals surface area (Å²) in [6, 6.07) is 8.05. The van der Waals surface area contributed by atoms with Crippen molar-refractivity contribution >= 4 is 66.4 Å². The van der Waals surface area contributed by atoms with Crippen molar-refractivity contribution in [3.63, 3.8) is 0 Å². The first kappa shape index (κ1) is 16.8. The maximum Gasteiger partial charge on any atom is 0.0843 e. The summed E-state index contributed by atoms with van der Waals surface area (Å²) in [5, 5.41) is 4.89. The molecule has 0 aliphatic rings. The van der Waals surface area contributed by atoms with Crippen molar-refractivity contribution in [1.29, 1.82) is 0 Å². The van der Waals surface area contributed by atoms with Gasteiger partial charge in [-0.15, -0.1) is 11.3 Å². The Morgan fingerprint density at radius 3 is 2.55 bits per heavy atom. The largest absolute Gasteiger partial charge is 0.309 e. The molecule has 2 aromatic rings. The Hall–Kier alpha value is 0.420. The molecule has 0 bridgehead atoms. The number of thiophene rings is 1. The molecule has 0 aliphatic carbocycles. The maximum atomic E-state index is 6.27. The molecular weight excluding hydrogens is 445 g/mol. The van der Waals surface area contributed by atoms with Gasteiger partial charge in [0.15, 0.2) is 0 Å². The van der Waals surface area contributed by atoms with E-state index in [2.05, 4.69) is 50.2 Å². The number of halogens is 4. The Bertz CT molecular complexity index is 581. The van der Waals surface area contributed by atoms with Crippen LogP contribution < -0.4 is 5.32 Å². The Kier molecular flexibility index (Phi) is 6.39. The van der Waals surface area contributed by atoms with Crippen LogP contribution in [-0.2, 0) is 6.42 Å². The average molecular weight is 458 g/mol. The molecule has 0 saturated heterocycles. The van der Waals surface area contributed by atoms with Crippen molar-refractivity contribution in [1.82, 2.24) is 5.32 Å². The van der Waals surface area contributed by atoms with E-state index < -0.39 is 0 Å². The van der Waals surface area contributed by atoms with Crippen molar-refractivity contribution in [3.05, 3.63) is 53.0 Å². The molecule has 0 aliphatic heterocycles. The fraction of sp³-hybridized carbons (Fsp3) is 0.286. The fourth-order valence-corrected chi connectivity index (χ4v) is 4.61. The highest BCUT2D eigenvalue weighted by molar-refractivity contribution is 9.13. The second-order valence-corrected chi connectivity index (χ2v) is 8.42. The summed E-state index contributed by atoms with van der Waals surface area (Å²) in [4.78, 5) is 1.27. The van der Waals surface area contributed by atoms with E-state index in [4.69, 9.17) is 23.2 Å². The van der Waals surface area contributed by atoms with Crippen molar-refractivity contribution < 1.29 is 0 Å². The van der Waals surface area contributed by atoms with Gasteiger partial charge in [-0.05, 0) is 68.6 Å². The lowest BCUT2D eigenvalue weighted by Crippen LogP contribution is -2.22. The van der Waals surface area contributed by atoms with Gasteiger partial charge in [0.2, 0.25) is 0 Å². The van der Waals surface area contributed by atoms with Crippen LogP contribution in [0.4, 0.5) is 0 Å². The van der Waals surface area contributed by atoms with Crippen LogP contribution in [0.25, 0.3) is 0 Å². The van der Waals surface area contributed by atoms with Gasteiger partial charge < -0.3 is 5.32 Å². The van der Waals surface area contributed by atoms with E-state index in [0.29, 0.717) is 5.02 Å². The van der Waals surface area contributed by atoms with Gasteiger partial charge in [0.1, 0.15) is 0 Å². The molecule has 0 amide bonds. The molecular formula is C14H13Br2Cl2NS. The van der Waals surface area contributed by atoms with Crippen molar-refractivity contribution in [2.24, 2.45) is 0 Å². The van der Waals surface area contributed by atoms with Gasteiger partial charge in [0.05, 0.1) is 3.79 Å². The van der Waals surface area contributed by atoms with E-state index in [9.17, 15) is 0 Å². The fourth-order valence-electron chi connectivity index (χ4n) is 1.96. The second-order valence-electron chi connectivity index (χ2n) is 4.32. The van der Waals surface area contributed by atoms with Crippen LogP contribution in [-0.4, -0.2) is 6.54 Å². The number of hydrogen-bond donors (Lipinski definition) is 1. The highest BCUT2D eigenvalue weighted by Gasteiger charge is 2.17. The van der Waals surface area contributed by atoms with Gasteiger partial charge in [-0.25, -0.2) is 0 Å². The molecule has 0 saturated carbocycles. The minimum Gasteiger partial charge on any atom is -0.309 e. The summed E-state index contributed by atoms with van der Waals surface area (Å²) in [5.41, 5.74) is 1.10. The van der Waals surface area contributed by atoms with Gasteiger partial charge in [0, 0.05) is 25.4 Å². The SMILES string of the molecule is CCNC(Cc1ccc(Cl)cc1Cl)c1cc(Br)c(Br)s1. The third kappa shape index (κ3) is 4.21. The molecule has 0 radical (unpaired) electrons. The predicted octanol–water partition coefficient (Wildman–Crippen LogP) is 6.47. The summed E-state index contributed by atoms with van der Waals surface area (Å²) < 4.78 is 2.19. The summed E-state index contributed by atoms with van der Waals surface area (Å²) in [7, 11) is 0. The third-order valence-corrected chi connectivity index (χ3v) is 6.85. The monoisotopic (exact) mass is 455 g/mol. The Morgan fingerprint density at radius 1 is 1.25 bits per heavy atom. The van der Waals surface area contributed by atoms with Gasteiger partial charge in [-0.3, -0.25) is 0 Å². The van der Waals surface area contributed by atoms with Gasteiger partial charge in [-0.2, -0.15) is 0 Å². The Morgan fingerprint density at radius 2 is 2.00 bits per heavy atom. The van der Waals surface area contributed by atoms with Gasteiger partial charge in [0.25, 0.3) is 0 Å². The van der Waals surface area contributed by atoms with Crippen molar-refractivity contribution in [2.75, 3.05) is 6.54 Å². The first-order valence-electron chi connectivity index (χ1n) is 6.13. The lowest BCUT2D eigenvalue weighted by Gasteiger charge is -2.17.